The maximum absolute atomic E-state index is 13.2. The van der Waals surface area contributed by atoms with Crippen LogP contribution in [0.5, 0.6) is 0 Å². The minimum Gasteiger partial charge on any atom is -0.360 e. The lowest BCUT2D eigenvalue weighted by molar-refractivity contribution is 0.102. The van der Waals surface area contributed by atoms with E-state index in [4.69, 9.17) is 4.52 Å². The number of aromatic nitrogens is 2. The van der Waals surface area contributed by atoms with Crippen LogP contribution in [0.25, 0.3) is 10.9 Å². The number of benzene rings is 1. The largest absolute Gasteiger partial charge is 0.360 e. The number of amides is 1. The van der Waals surface area contributed by atoms with E-state index in [1.807, 2.05) is 0 Å². The van der Waals surface area contributed by atoms with Crippen molar-refractivity contribution in [3.05, 3.63) is 47.6 Å². The first kappa shape index (κ1) is 11.5. The van der Waals surface area contributed by atoms with Crippen LogP contribution in [0.15, 0.2) is 35.0 Å². The van der Waals surface area contributed by atoms with Gasteiger partial charge in [0.15, 0.2) is 5.82 Å². The Labute approximate surface area is 107 Å². The molecule has 6 heteroatoms. The van der Waals surface area contributed by atoms with Crippen molar-refractivity contribution >= 4 is 22.6 Å². The van der Waals surface area contributed by atoms with E-state index in [-0.39, 0.29) is 5.91 Å². The zero-order valence-electron chi connectivity index (χ0n) is 10.0. The average molecular weight is 259 g/mol. The third-order valence-corrected chi connectivity index (χ3v) is 2.76. The highest BCUT2D eigenvalue weighted by atomic mass is 19.1. The second kappa shape index (κ2) is 4.24. The number of nitrogens with one attached hydrogen (secondary N) is 2. The van der Waals surface area contributed by atoms with E-state index in [1.165, 1.54) is 18.3 Å². The number of H-pyrrole nitrogens is 1. The van der Waals surface area contributed by atoms with Crippen LogP contribution in [0.4, 0.5) is 10.2 Å². The van der Waals surface area contributed by atoms with Crippen molar-refractivity contribution in [2.75, 3.05) is 5.32 Å². The third kappa shape index (κ3) is 2.08. The highest BCUT2D eigenvalue weighted by Crippen LogP contribution is 2.20. The summed E-state index contributed by atoms with van der Waals surface area (Å²) in [5.41, 5.74) is 1.05. The molecule has 0 aliphatic rings. The van der Waals surface area contributed by atoms with Crippen molar-refractivity contribution in [2.45, 2.75) is 6.92 Å². The number of carbonyl (C=O) groups excluding carboxylic acids is 1. The summed E-state index contributed by atoms with van der Waals surface area (Å²) in [6.07, 6.45) is 1.53. The zero-order valence-corrected chi connectivity index (χ0v) is 10.0. The van der Waals surface area contributed by atoms with Gasteiger partial charge in [0.25, 0.3) is 5.91 Å². The van der Waals surface area contributed by atoms with Crippen molar-refractivity contribution < 1.29 is 13.7 Å². The summed E-state index contributed by atoms with van der Waals surface area (Å²) >= 11 is 0. The highest BCUT2D eigenvalue weighted by Gasteiger charge is 2.14. The first-order valence-electron chi connectivity index (χ1n) is 5.65. The van der Waals surface area contributed by atoms with Crippen LogP contribution in [-0.2, 0) is 0 Å². The van der Waals surface area contributed by atoms with Gasteiger partial charge in [0, 0.05) is 23.2 Å². The molecule has 0 spiro atoms. The summed E-state index contributed by atoms with van der Waals surface area (Å²) in [6.45, 7) is 1.73. The Balaban J connectivity index is 1.95. The summed E-state index contributed by atoms with van der Waals surface area (Å²) < 4.78 is 18.1. The molecule has 0 atom stereocenters. The van der Waals surface area contributed by atoms with Crippen LogP contribution in [0.3, 0.4) is 0 Å². The van der Waals surface area contributed by atoms with Gasteiger partial charge in [-0.2, -0.15) is 0 Å². The van der Waals surface area contributed by atoms with Crippen molar-refractivity contribution in [3.8, 4) is 0 Å². The van der Waals surface area contributed by atoms with Gasteiger partial charge in [0.2, 0.25) is 0 Å². The van der Waals surface area contributed by atoms with Crippen molar-refractivity contribution in [1.82, 2.24) is 10.1 Å². The molecule has 0 fully saturated rings. The molecule has 2 N–H and O–H groups in total. The molecule has 96 valence electrons. The van der Waals surface area contributed by atoms with E-state index in [0.717, 1.165) is 0 Å². The third-order valence-electron chi connectivity index (χ3n) is 2.76. The summed E-state index contributed by atoms with van der Waals surface area (Å²) in [5.74, 6) is 0.164. The van der Waals surface area contributed by atoms with Gasteiger partial charge >= 0.3 is 0 Å². The maximum atomic E-state index is 13.2. The lowest BCUT2D eigenvalue weighted by Gasteiger charge is -1.99. The number of nitrogens with zero attached hydrogens (tertiary/aromatic N) is 1. The van der Waals surface area contributed by atoms with E-state index >= 15 is 0 Å². The van der Waals surface area contributed by atoms with Crippen LogP contribution in [0.1, 0.15) is 16.1 Å². The maximum Gasteiger partial charge on any atom is 0.259 e. The van der Waals surface area contributed by atoms with E-state index < -0.39 is 5.82 Å². The van der Waals surface area contributed by atoms with Crippen LogP contribution < -0.4 is 5.32 Å². The molecule has 19 heavy (non-hydrogen) atoms. The van der Waals surface area contributed by atoms with Gasteiger partial charge in [-0.05, 0) is 25.1 Å². The lowest BCUT2D eigenvalue weighted by atomic mass is 10.1. The van der Waals surface area contributed by atoms with Crippen molar-refractivity contribution in [2.24, 2.45) is 0 Å². The molecule has 0 saturated carbocycles. The molecule has 2 aromatic heterocycles. The molecule has 0 radical (unpaired) electrons. The fourth-order valence-electron chi connectivity index (χ4n) is 1.89. The molecule has 5 nitrogen and oxygen atoms in total. The number of hydrogen-bond donors (Lipinski definition) is 2. The van der Waals surface area contributed by atoms with Gasteiger partial charge in [0.1, 0.15) is 11.6 Å². The molecule has 2 heterocycles. The van der Waals surface area contributed by atoms with Crippen molar-refractivity contribution in [1.29, 1.82) is 0 Å². The first-order valence-corrected chi connectivity index (χ1v) is 5.65. The Morgan fingerprint density at radius 2 is 2.26 bits per heavy atom. The normalized spacial score (nSPS) is 10.8. The Hall–Kier alpha value is -2.63. The topological polar surface area (TPSA) is 70.9 Å². The number of rotatable bonds is 2. The monoisotopic (exact) mass is 259 g/mol. The standard InChI is InChI=1S/C13H10FN3O2/c1-7-4-12(17-19-7)16-13(18)10-6-15-11-3-2-8(14)5-9(10)11/h2-6,15H,1H3,(H,16,17,18). The Bertz CT molecular complexity index is 760. The summed E-state index contributed by atoms with van der Waals surface area (Å²) in [5, 5.41) is 6.79. The van der Waals surface area contributed by atoms with Gasteiger partial charge in [-0.15, -0.1) is 0 Å². The molecule has 3 aromatic rings. The number of aromatic amines is 1. The van der Waals surface area contributed by atoms with E-state index in [0.29, 0.717) is 28.0 Å². The minimum absolute atomic E-state index is 0.327. The molecule has 0 aliphatic heterocycles. The second-order valence-electron chi connectivity index (χ2n) is 4.17. The lowest BCUT2D eigenvalue weighted by Crippen LogP contribution is -2.11. The fraction of sp³-hybridized carbons (Fsp3) is 0.0769. The number of carbonyl (C=O) groups is 1. The summed E-state index contributed by atoms with van der Waals surface area (Å²) in [7, 11) is 0. The highest BCUT2D eigenvalue weighted by molar-refractivity contribution is 6.12. The molecular weight excluding hydrogens is 249 g/mol. The molecule has 1 amide bonds. The SMILES string of the molecule is Cc1cc(NC(=O)c2c[nH]c3ccc(F)cc23)no1. The molecule has 0 unspecified atom stereocenters. The van der Waals surface area contributed by atoms with Crippen LogP contribution in [0.2, 0.25) is 0 Å². The number of fused-ring (bicyclic) bond motifs is 1. The Morgan fingerprint density at radius 3 is 3.00 bits per heavy atom. The van der Waals surface area contributed by atoms with Gasteiger partial charge in [-0.25, -0.2) is 4.39 Å². The molecular formula is C13H10FN3O2. The van der Waals surface area contributed by atoms with Gasteiger partial charge in [0.05, 0.1) is 5.56 Å². The number of anilines is 1. The van der Waals surface area contributed by atoms with Crippen LogP contribution in [0, 0.1) is 12.7 Å². The van der Waals surface area contributed by atoms with E-state index in [9.17, 15) is 9.18 Å². The number of halogens is 1. The molecule has 3 rings (SSSR count). The smallest absolute Gasteiger partial charge is 0.259 e. The predicted octanol–water partition coefficient (Wildman–Crippen LogP) is 2.86. The minimum atomic E-state index is -0.390. The quantitative estimate of drug-likeness (QED) is 0.743. The fourth-order valence-corrected chi connectivity index (χ4v) is 1.89. The second-order valence-corrected chi connectivity index (χ2v) is 4.17. The molecule has 1 aromatic carbocycles. The first-order chi connectivity index (χ1) is 9.13. The average Bonchev–Trinajstić information content (AvgIpc) is 2.95. The summed E-state index contributed by atoms with van der Waals surface area (Å²) in [6, 6.07) is 5.84. The predicted molar refractivity (Wildman–Crippen MR) is 67.4 cm³/mol. The van der Waals surface area contributed by atoms with E-state index in [2.05, 4.69) is 15.5 Å². The molecule has 0 aliphatic carbocycles. The van der Waals surface area contributed by atoms with E-state index in [1.54, 1.807) is 19.1 Å². The Kier molecular flexibility index (Phi) is 2.56. The number of hydrogen-bond acceptors (Lipinski definition) is 3. The van der Waals surface area contributed by atoms with Crippen molar-refractivity contribution in [3.63, 3.8) is 0 Å². The summed E-state index contributed by atoms with van der Waals surface area (Å²) in [4.78, 5) is 15.0. The van der Waals surface area contributed by atoms with Gasteiger partial charge in [-0.3, -0.25) is 4.79 Å². The number of aryl methyl sites for hydroxylation is 1. The van der Waals surface area contributed by atoms with Gasteiger partial charge in [-0.1, -0.05) is 5.16 Å². The van der Waals surface area contributed by atoms with Crippen LogP contribution in [-0.4, -0.2) is 16.0 Å². The molecule has 0 bridgehead atoms. The van der Waals surface area contributed by atoms with Gasteiger partial charge < -0.3 is 14.8 Å². The van der Waals surface area contributed by atoms with Crippen LogP contribution >= 0.6 is 0 Å². The molecule has 0 saturated heterocycles. The zero-order chi connectivity index (χ0) is 13.4. The Morgan fingerprint density at radius 1 is 1.42 bits per heavy atom.